The third-order valence-corrected chi connectivity index (χ3v) is 3.92. The molecule has 0 amide bonds. The van der Waals surface area contributed by atoms with Gasteiger partial charge in [0.05, 0.1) is 5.69 Å². The Morgan fingerprint density at radius 1 is 1.23 bits per heavy atom. The van der Waals surface area contributed by atoms with Gasteiger partial charge >= 0.3 is 0 Å². The maximum absolute atomic E-state index is 5.99. The third-order valence-electron chi connectivity index (χ3n) is 3.92. The Balaban J connectivity index is 1.64. The molecule has 2 aromatic rings. The van der Waals surface area contributed by atoms with Crippen molar-refractivity contribution in [2.24, 2.45) is 0 Å². The van der Waals surface area contributed by atoms with Gasteiger partial charge in [0.15, 0.2) is 0 Å². The molecule has 1 aromatic carbocycles. The zero-order chi connectivity index (χ0) is 15.2. The molecule has 1 atom stereocenters. The Kier molecular flexibility index (Phi) is 5.03. The van der Waals surface area contributed by atoms with Crippen LogP contribution in [0.3, 0.4) is 0 Å². The minimum atomic E-state index is 0.510. The number of para-hydroxylation sites is 1. The minimum absolute atomic E-state index is 0.510. The number of nitrogens with one attached hydrogen (secondary N) is 1. The van der Waals surface area contributed by atoms with Gasteiger partial charge in [-0.15, -0.1) is 0 Å². The van der Waals surface area contributed by atoms with Crippen LogP contribution >= 0.6 is 0 Å². The van der Waals surface area contributed by atoms with Gasteiger partial charge < -0.3 is 10.1 Å². The van der Waals surface area contributed by atoms with E-state index in [1.165, 1.54) is 5.56 Å². The van der Waals surface area contributed by atoms with Gasteiger partial charge in [-0.3, -0.25) is 9.88 Å². The predicted octanol–water partition coefficient (Wildman–Crippen LogP) is 2.45. The van der Waals surface area contributed by atoms with E-state index in [1.54, 1.807) is 6.20 Å². The maximum Gasteiger partial charge on any atom is 0.130 e. The fourth-order valence-electron chi connectivity index (χ4n) is 2.81. The summed E-state index contributed by atoms with van der Waals surface area (Å²) in [4.78, 5) is 6.78. The smallest absolute Gasteiger partial charge is 0.130 e. The van der Waals surface area contributed by atoms with Crippen LogP contribution in [0, 0.1) is 0 Å². The molecule has 1 aromatic heterocycles. The van der Waals surface area contributed by atoms with Crippen molar-refractivity contribution < 1.29 is 4.74 Å². The molecule has 116 valence electrons. The van der Waals surface area contributed by atoms with Gasteiger partial charge in [-0.25, -0.2) is 0 Å². The first-order valence-corrected chi connectivity index (χ1v) is 7.87. The summed E-state index contributed by atoms with van der Waals surface area (Å²) in [5.41, 5.74) is 2.20. The van der Waals surface area contributed by atoms with Crippen molar-refractivity contribution in [2.75, 3.05) is 19.6 Å². The molecule has 2 heterocycles. The topological polar surface area (TPSA) is 37.4 Å². The van der Waals surface area contributed by atoms with E-state index in [9.17, 15) is 0 Å². The summed E-state index contributed by atoms with van der Waals surface area (Å²) in [5, 5.41) is 3.48. The van der Waals surface area contributed by atoms with E-state index >= 15 is 0 Å². The molecule has 0 spiro atoms. The summed E-state index contributed by atoms with van der Waals surface area (Å²) in [6, 6.07) is 14.7. The molecule has 4 nitrogen and oxygen atoms in total. The summed E-state index contributed by atoms with van der Waals surface area (Å²) >= 11 is 0. The van der Waals surface area contributed by atoms with Crippen LogP contribution < -0.4 is 10.1 Å². The van der Waals surface area contributed by atoms with Gasteiger partial charge in [0.1, 0.15) is 12.4 Å². The predicted molar refractivity (Wildman–Crippen MR) is 87.8 cm³/mol. The molecule has 1 fully saturated rings. The van der Waals surface area contributed by atoms with Crippen LogP contribution in [0.4, 0.5) is 0 Å². The summed E-state index contributed by atoms with van der Waals surface area (Å²) in [6.45, 7) is 6.89. The summed E-state index contributed by atoms with van der Waals surface area (Å²) < 4.78 is 5.99. The van der Waals surface area contributed by atoms with Crippen molar-refractivity contribution in [3.63, 3.8) is 0 Å². The van der Waals surface area contributed by atoms with Crippen molar-refractivity contribution in [2.45, 2.75) is 26.1 Å². The van der Waals surface area contributed by atoms with Crippen LogP contribution in [0.2, 0.25) is 0 Å². The monoisotopic (exact) mass is 297 g/mol. The van der Waals surface area contributed by atoms with Gasteiger partial charge in [0.2, 0.25) is 0 Å². The van der Waals surface area contributed by atoms with Crippen molar-refractivity contribution in [3.8, 4) is 5.75 Å². The molecule has 1 saturated heterocycles. The van der Waals surface area contributed by atoms with Crippen LogP contribution in [0.1, 0.15) is 18.2 Å². The molecule has 0 saturated carbocycles. The van der Waals surface area contributed by atoms with Gasteiger partial charge in [0.25, 0.3) is 0 Å². The molecular formula is C18H23N3O. The Hall–Kier alpha value is -1.91. The summed E-state index contributed by atoms with van der Waals surface area (Å²) in [6.07, 6.45) is 1.80. The standard InChI is InChI=1S/C18H23N3O/c1-15-12-21(11-10-19-15)13-16-6-2-3-8-18(16)22-14-17-7-4-5-9-20-17/h2-9,15,19H,10-14H2,1H3/t15-/m0/s1. The second-order valence-electron chi connectivity index (χ2n) is 5.81. The third kappa shape index (κ3) is 4.06. The van der Waals surface area contributed by atoms with E-state index < -0.39 is 0 Å². The first-order valence-electron chi connectivity index (χ1n) is 7.87. The lowest BCUT2D eigenvalue weighted by atomic mass is 10.1. The van der Waals surface area contributed by atoms with Gasteiger partial charge in [-0.05, 0) is 25.1 Å². The van der Waals surface area contributed by atoms with Crippen LogP contribution in [0.25, 0.3) is 0 Å². The highest BCUT2D eigenvalue weighted by atomic mass is 16.5. The van der Waals surface area contributed by atoms with E-state index in [0.717, 1.165) is 37.6 Å². The number of piperazine rings is 1. The van der Waals surface area contributed by atoms with Gasteiger partial charge in [-0.2, -0.15) is 0 Å². The Morgan fingerprint density at radius 2 is 2.09 bits per heavy atom. The zero-order valence-corrected chi connectivity index (χ0v) is 13.0. The highest BCUT2D eigenvalue weighted by Crippen LogP contribution is 2.21. The number of benzene rings is 1. The van der Waals surface area contributed by atoms with E-state index in [2.05, 4.69) is 34.3 Å². The van der Waals surface area contributed by atoms with Crippen molar-refractivity contribution >= 4 is 0 Å². The number of pyridine rings is 1. The molecule has 4 heteroatoms. The normalized spacial score (nSPS) is 19.0. The van der Waals surface area contributed by atoms with Crippen molar-refractivity contribution in [3.05, 3.63) is 59.9 Å². The number of nitrogens with zero attached hydrogens (tertiary/aromatic N) is 2. The summed E-state index contributed by atoms with van der Waals surface area (Å²) in [7, 11) is 0. The molecule has 0 aliphatic carbocycles. The average Bonchev–Trinajstić information content (AvgIpc) is 2.55. The molecule has 1 aliphatic rings. The second-order valence-corrected chi connectivity index (χ2v) is 5.81. The van der Waals surface area contributed by atoms with E-state index in [4.69, 9.17) is 4.74 Å². The molecule has 1 aliphatic heterocycles. The number of ether oxygens (including phenoxy) is 1. The first-order chi connectivity index (χ1) is 10.8. The SMILES string of the molecule is C[C@H]1CN(Cc2ccccc2OCc2ccccn2)CCN1. The fourth-order valence-corrected chi connectivity index (χ4v) is 2.81. The Bertz CT molecular complexity index is 588. The van der Waals surface area contributed by atoms with Gasteiger partial charge in [-0.1, -0.05) is 24.3 Å². The largest absolute Gasteiger partial charge is 0.487 e. The summed E-state index contributed by atoms with van der Waals surface area (Å²) in [5.74, 6) is 0.958. The van der Waals surface area contributed by atoms with Crippen molar-refractivity contribution in [1.29, 1.82) is 0 Å². The number of hydrogen-bond donors (Lipinski definition) is 1. The molecule has 3 rings (SSSR count). The van der Waals surface area contributed by atoms with Crippen LogP contribution in [-0.2, 0) is 13.2 Å². The Labute approximate surface area is 132 Å². The molecule has 0 bridgehead atoms. The number of hydrogen-bond acceptors (Lipinski definition) is 4. The second kappa shape index (κ2) is 7.38. The molecule has 0 radical (unpaired) electrons. The fraction of sp³-hybridized carbons (Fsp3) is 0.389. The zero-order valence-electron chi connectivity index (χ0n) is 13.0. The highest BCUT2D eigenvalue weighted by Gasteiger charge is 2.17. The van der Waals surface area contributed by atoms with Gasteiger partial charge in [0, 0.05) is 44.0 Å². The minimum Gasteiger partial charge on any atom is -0.487 e. The van der Waals surface area contributed by atoms with Crippen LogP contribution in [0.15, 0.2) is 48.7 Å². The molecule has 22 heavy (non-hydrogen) atoms. The highest BCUT2D eigenvalue weighted by molar-refractivity contribution is 5.33. The molecular weight excluding hydrogens is 274 g/mol. The van der Waals surface area contributed by atoms with E-state index in [-0.39, 0.29) is 0 Å². The van der Waals surface area contributed by atoms with Crippen molar-refractivity contribution in [1.82, 2.24) is 15.2 Å². The van der Waals surface area contributed by atoms with E-state index in [1.807, 2.05) is 30.3 Å². The average molecular weight is 297 g/mol. The van der Waals surface area contributed by atoms with Crippen LogP contribution in [0.5, 0.6) is 5.75 Å². The quantitative estimate of drug-likeness (QED) is 0.920. The lowest BCUT2D eigenvalue weighted by Gasteiger charge is -2.32. The first kappa shape index (κ1) is 15.0. The number of aromatic nitrogens is 1. The van der Waals surface area contributed by atoms with E-state index in [0.29, 0.717) is 12.6 Å². The molecule has 1 N–H and O–H groups in total. The number of rotatable bonds is 5. The van der Waals surface area contributed by atoms with Crippen LogP contribution in [-0.4, -0.2) is 35.6 Å². The maximum atomic E-state index is 5.99. The molecule has 0 unspecified atom stereocenters. The lowest BCUT2D eigenvalue weighted by molar-refractivity contribution is 0.195. The Morgan fingerprint density at radius 3 is 2.91 bits per heavy atom. The lowest BCUT2D eigenvalue weighted by Crippen LogP contribution is -2.48.